The summed E-state index contributed by atoms with van der Waals surface area (Å²) < 4.78 is 5.33. The Morgan fingerprint density at radius 1 is 0.844 bits per heavy atom. The van der Waals surface area contributed by atoms with Crippen molar-refractivity contribution in [3.63, 3.8) is 0 Å². The predicted molar refractivity (Wildman–Crippen MR) is 170 cm³/mol. The number of carbonyl (C=O) groups excluding carboxylic acids is 5. The van der Waals surface area contributed by atoms with E-state index in [4.69, 9.17) is 10.5 Å². The monoisotopic (exact) mass is 619 g/mol. The van der Waals surface area contributed by atoms with Crippen LogP contribution in [0, 0.1) is 5.92 Å². The first kappa shape index (κ1) is 34.8. The number of benzene rings is 2. The fourth-order valence-electron chi connectivity index (χ4n) is 4.98. The molecule has 11 heteroatoms. The third-order valence-corrected chi connectivity index (χ3v) is 7.36. The highest BCUT2D eigenvalue weighted by Crippen LogP contribution is 2.11. The first-order valence-corrected chi connectivity index (χ1v) is 15.5. The van der Waals surface area contributed by atoms with Crippen molar-refractivity contribution in [1.82, 2.24) is 20.9 Å². The second-order valence-electron chi connectivity index (χ2n) is 11.7. The Hall–Kier alpha value is -4.67. The zero-order valence-electron chi connectivity index (χ0n) is 26.1. The van der Waals surface area contributed by atoms with Crippen molar-refractivity contribution in [2.75, 3.05) is 13.1 Å². The van der Waals surface area contributed by atoms with Gasteiger partial charge >= 0.3 is 6.09 Å². The van der Waals surface area contributed by atoms with Gasteiger partial charge in [0.05, 0.1) is 0 Å². The molecule has 1 fully saturated rings. The highest BCUT2D eigenvalue weighted by atomic mass is 16.5. The lowest BCUT2D eigenvalue weighted by Gasteiger charge is -2.25. The molecule has 3 rings (SSSR count). The van der Waals surface area contributed by atoms with E-state index < -0.39 is 41.9 Å². The maximum absolute atomic E-state index is 13.7. The minimum Gasteiger partial charge on any atom is -0.445 e. The number of nitrogens with two attached hydrogens (primary N) is 1. The van der Waals surface area contributed by atoms with Gasteiger partial charge in [0.1, 0.15) is 18.7 Å². The van der Waals surface area contributed by atoms with E-state index >= 15 is 0 Å². The molecule has 1 heterocycles. The minimum atomic E-state index is -1.02. The summed E-state index contributed by atoms with van der Waals surface area (Å²) >= 11 is 0. The standard InChI is InChI=1S/C34H45N5O6/c1-24(2)21-28(38-34(44)45-23-26-13-7-4-8-14-26)33(43)37-29(22-25-11-5-3-6-12-25)32(42)36-27(15-17-30(35)40)16-18-31(41)39-19-9-10-20-39/h3-8,11-14,16,18,24,27-29H,9-10,15,17,19-23H2,1-2H3,(H2,35,40)(H,36,42)(H,37,43)(H,38,44)/b18-16+/t27-,28-,29-/m0/s1. The predicted octanol–water partition coefficient (Wildman–Crippen LogP) is 2.98. The van der Waals surface area contributed by atoms with Crippen molar-refractivity contribution in [3.05, 3.63) is 83.9 Å². The summed E-state index contributed by atoms with van der Waals surface area (Å²) in [7, 11) is 0. The number of primary amides is 1. The number of hydrogen-bond donors (Lipinski definition) is 4. The summed E-state index contributed by atoms with van der Waals surface area (Å²) in [5.74, 6) is -1.70. The quantitative estimate of drug-likeness (QED) is 0.211. The lowest BCUT2D eigenvalue weighted by molar-refractivity contribution is -0.130. The second-order valence-corrected chi connectivity index (χ2v) is 11.7. The molecule has 2 aromatic rings. The van der Waals surface area contributed by atoms with E-state index in [1.165, 1.54) is 6.08 Å². The SMILES string of the molecule is CC(C)C[C@H](NC(=O)OCc1ccccc1)C(=O)N[C@@H](Cc1ccccc1)C(=O)N[C@H](/C=C/C(=O)N1CCCC1)CCC(N)=O. The highest BCUT2D eigenvalue weighted by Gasteiger charge is 2.29. The minimum absolute atomic E-state index is 0.00558. The van der Waals surface area contributed by atoms with Gasteiger partial charge in [-0.25, -0.2) is 4.79 Å². The van der Waals surface area contributed by atoms with Gasteiger partial charge in [-0.1, -0.05) is 80.6 Å². The smallest absolute Gasteiger partial charge is 0.408 e. The van der Waals surface area contributed by atoms with Gasteiger partial charge in [0.2, 0.25) is 23.6 Å². The molecule has 0 saturated carbocycles. The van der Waals surface area contributed by atoms with Gasteiger partial charge in [-0.05, 0) is 42.7 Å². The lowest BCUT2D eigenvalue weighted by atomic mass is 10.0. The number of rotatable bonds is 16. The van der Waals surface area contributed by atoms with Gasteiger partial charge < -0.3 is 31.3 Å². The average Bonchev–Trinajstić information content (AvgIpc) is 3.56. The fourth-order valence-corrected chi connectivity index (χ4v) is 4.98. The van der Waals surface area contributed by atoms with Gasteiger partial charge in [0.15, 0.2) is 0 Å². The Balaban J connectivity index is 1.74. The van der Waals surface area contributed by atoms with Crippen LogP contribution in [0.3, 0.4) is 0 Å². The number of amides is 5. The van der Waals surface area contributed by atoms with Crippen LogP contribution in [-0.2, 0) is 36.9 Å². The van der Waals surface area contributed by atoms with Gasteiger partial charge in [0.25, 0.3) is 0 Å². The molecule has 2 aromatic carbocycles. The van der Waals surface area contributed by atoms with Crippen molar-refractivity contribution in [2.24, 2.45) is 11.7 Å². The Morgan fingerprint density at radius 3 is 2.04 bits per heavy atom. The molecule has 11 nitrogen and oxygen atoms in total. The van der Waals surface area contributed by atoms with Crippen LogP contribution in [-0.4, -0.2) is 65.8 Å². The van der Waals surface area contributed by atoms with Gasteiger partial charge in [-0.15, -0.1) is 0 Å². The van der Waals surface area contributed by atoms with E-state index in [1.54, 1.807) is 11.0 Å². The Labute approximate surface area is 264 Å². The molecular formula is C34H45N5O6. The number of alkyl carbamates (subject to hydrolysis) is 1. The number of nitrogens with one attached hydrogen (secondary N) is 3. The summed E-state index contributed by atoms with van der Waals surface area (Å²) in [5.41, 5.74) is 6.98. The van der Waals surface area contributed by atoms with Crippen molar-refractivity contribution in [2.45, 2.75) is 77.1 Å². The molecule has 1 saturated heterocycles. The molecule has 1 aliphatic heterocycles. The Bertz CT molecular complexity index is 1290. The molecule has 5 amide bonds. The van der Waals surface area contributed by atoms with Crippen LogP contribution in [0.4, 0.5) is 4.79 Å². The summed E-state index contributed by atoms with van der Waals surface area (Å²) in [5, 5.41) is 8.34. The van der Waals surface area contributed by atoms with Crippen LogP contribution in [0.1, 0.15) is 57.1 Å². The molecule has 1 aliphatic rings. The van der Waals surface area contributed by atoms with Crippen LogP contribution in [0.25, 0.3) is 0 Å². The van der Waals surface area contributed by atoms with Crippen LogP contribution >= 0.6 is 0 Å². The van der Waals surface area contributed by atoms with E-state index in [9.17, 15) is 24.0 Å². The Morgan fingerprint density at radius 2 is 1.44 bits per heavy atom. The maximum Gasteiger partial charge on any atom is 0.408 e. The lowest BCUT2D eigenvalue weighted by Crippen LogP contribution is -2.55. The van der Waals surface area contributed by atoms with Crippen molar-refractivity contribution in [3.8, 4) is 0 Å². The number of hydrogen-bond acceptors (Lipinski definition) is 6. The molecule has 45 heavy (non-hydrogen) atoms. The largest absolute Gasteiger partial charge is 0.445 e. The molecule has 3 atom stereocenters. The first-order chi connectivity index (χ1) is 21.6. The summed E-state index contributed by atoms with van der Waals surface area (Å²) in [6, 6.07) is 15.7. The number of ether oxygens (including phenoxy) is 1. The molecule has 5 N–H and O–H groups in total. The molecule has 0 unspecified atom stereocenters. The molecule has 0 bridgehead atoms. The van der Waals surface area contributed by atoms with Crippen molar-refractivity contribution < 1.29 is 28.7 Å². The highest BCUT2D eigenvalue weighted by molar-refractivity contribution is 5.92. The maximum atomic E-state index is 13.7. The zero-order valence-corrected chi connectivity index (χ0v) is 26.1. The van der Waals surface area contributed by atoms with E-state index in [-0.39, 0.29) is 37.7 Å². The van der Waals surface area contributed by atoms with Crippen molar-refractivity contribution >= 4 is 29.7 Å². The third kappa shape index (κ3) is 12.8. The molecule has 242 valence electrons. The van der Waals surface area contributed by atoms with Crippen LogP contribution < -0.4 is 21.7 Å². The number of likely N-dealkylation sites (tertiary alicyclic amines) is 1. The summed E-state index contributed by atoms with van der Waals surface area (Å²) in [6.07, 6.45) is 4.78. The normalized spacial score (nSPS) is 14.9. The van der Waals surface area contributed by atoms with Gasteiger partial charge in [-0.2, -0.15) is 0 Å². The molecule has 0 spiro atoms. The number of carbonyl (C=O) groups is 5. The van der Waals surface area contributed by atoms with E-state index in [0.717, 1.165) is 24.0 Å². The summed E-state index contributed by atoms with van der Waals surface area (Å²) in [6.45, 7) is 5.24. The van der Waals surface area contributed by atoms with Crippen LogP contribution in [0.2, 0.25) is 0 Å². The first-order valence-electron chi connectivity index (χ1n) is 15.5. The molecular weight excluding hydrogens is 574 g/mol. The van der Waals surface area contributed by atoms with Gasteiger partial charge in [0, 0.05) is 38.0 Å². The average molecular weight is 620 g/mol. The summed E-state index contributed by atoms with van der Waals surface area (Å²) in [4.78, 5) is 65.8. The second kappa shape index (κ2) is 18.2. The number of nitrogens with zero attached hydrogens (tertiary/aromatic N) is 1. The molecule has 0 aliphatic carbocycles. The van der Waals surface area contributed by atoms with Crippen molar-refractivity contribution in [1.29, 1.82) is 0 Å². The molecule has 0 radical (unpaired) electrons. The van der Waals surface area contributed by atoms with E-state index in [0.29, 0.717) is 19.5 Å². The van der Waals surface area contributed by atoms with E-state index in [2.05, 4.69) is 16.0 Å². The molecule has 0 aromatic heterocycles. The van der Waals surface area contributed by atoms with Crippen LogP contribution in [0.5, 0.6) is 0 Å². The van der Waals surface area contributed by atoms with Gasteiger partial charge in [-0.3, -0.25) is 19.2 Å². The van der Waals surface area contributed by atoms with E-state index in [1.807, 2.05) is 74.5 Å². The van der Waals surface area contributed by atoms with Crippen LogP contribution in [0.15, 0.2) is 72.8 Å². The zero-order chi connectivity index (χ0) is 32.6. The third-order valence-electron chi connectivity index (χ3n) is 7.36. The Kier molecular flexibility index (Phi) is 14.1. The topological polar surface area (TPSA) is 160 Å². The fraction of sp³-hybridized carbons (Fsp3) is 0.441.